The zero-order valence-electron chi connectivity index (χ0n) is 12.2. The van der Waals surface area contributed by atoms with E-state index in [1.807, 2.05) is 18.2 Å². The van der Waals surface area contributed by atoms with Crippen LogP contribution in [0.1, 0.15) is 38.8 Å². The van der Waals surface area contributed by atoms with Gasteiger partial charge in [-0.25, -0.2) is 4.79 Å². The van der Waals surface area contributed by atoms with Crippen LogP contribution in [0.4, 0.5) is 0 Å². The van der Waals surface area contributed by atoms with Gasteiger partial charge in [-0.2, -0.15) is 0 Å². The highest BCUT2D eigenvalue weighted by Gasteiger charge is 2.16. The Hall–Kier alpha value is -1.59. The predicted octanol–water partition coefficient (Wildman–Crippen LogP) is 1.91. The Balaban J connectivity index is 2.17. The SMILES string of the molecule is CC(NC(CCO)C(C)C)c1ccc2[nH]c(=O)[nH]c2c1. The molecule has 0 aliphatic rings. The third-order valence-electron chi connectivity index (χ3n) is 3.75. The minimum absolute atomic E-state index is 0.164. The molecule has 2 aromatic rings. The average molecular weight is 277 g/mol. The zero-order valence-corrected chi connectivity index (χ0v) is 12.2. The molecule has 2 rings (SSSR count). The largest absolute Gasteiger partial charge is 0.396 e. The second kappa shape index (κ2) is 6.24. The molecule has 2 atom stereocenters. The van der Waals surface area contributed by atoms with Crippen LogP contribution in [0.15, 0.2) is 23.0 Å². The van der Waals surface area contributed by atoms with E-state index < -0.39 is 0 Å². The first kappa shape index (κ1) is 14.8. The number of aliphatic hydroxyl groups is 1. The molecular formula is C15H23N3O2. The van der Waals surface area contributed by atoms with Crippen molar-refractivity contribution in [1.29, 1.82) is 0 Å². The molecule has 0 aliphatic heterocycles. The topological polar surface area (TPSA) is 80.9 Å². The molecular weight excluding hydrogens is 254 g/mol. The summed E-state index contributed by atoms with van der Waals surface area (Å²) in [5.41, 5.74) is 2.58. The number of fused-ring (bicyclic) bond motifs is 1. The second-order valence-corrected chi connectivity index (χ2v) is 5.64. The fourth-order valence-corrected chi connectivity index (χ4v) is 2.49. The number of H-pyrrole nitrogens is 2. The van der Waals surface area contributed by atoms with Gasteiger partial charge in [0, 0.05) is 18.7 Å². The van der Waals surface area contributed by atoms with Crippen LogP contribution >= 0.6 is 0 Å². The van der Waals surface area contributed by atoms with Crippen LogP contribution in [0, 0.1) is 5.92 Å². The van der Waals surface area contributed by atoms with E-state index >= 15 is 0 Å². The van der Waals surface area contributed by atoms with E-state index in [1.165, 1.54) is 0 Å². The van der Waals surface area contributed by atoms with Gasteiger partial charge in [0.1, 0.15) is 0 Å². The van der Waals surface area contributed by atoms with Crippen LogP contribution in [0.25, 0.3) is 11.0 Å². The Morgan fingerprint density at radius 2 is 1.90 bits per heavy atom. The van der Waals surface area contributed by atoms with Gasteiger partial charge in [-0.15, -0.1) is 0 Å². The van der Waals surface area contributed by atoms with Crippen LogP contribution in [0.2, 0.25) is 0 Å². The molecule has 1 heterocycles. The summed E-state index contributed by atoms with van der Waals surface area (Å²) in [6, 6.07) is 6.35. The quantitative estimate of drug-likeness (QED) is 0.651. The highest BCUT2D eigenvalue weighted by molar-refractivity contribution is 5.75. The molecule has 0 spiro atoms. The molecule has 0 aliphatic carbocycles. The van der Waals surface area contributed by atoms with E-state index in [1.54, 1.807) is 0 Å². The Morgan fingerprint density at radius 3 is 2.55 bits per heavy atom. The van der Waals surface area contributed by atoms with Gasteiger partial charge < -0.3 is 20.4 Å². The van der Waals surface area contributed by atoms with Crippen LogP contribution < -0.4 is 11.0 Å². The molecule has 0 fully saturated rings. The van der Waals surface area contributed by atoms with Gasteiger partial charge in [-0.1, -0.05) is 19.9 Å². The molecule has 5 heteroatoms. The van der Waals surface area contributed by atoms with E-state index in [0.29, 0.717) is 5.92 Å². The maximum Gasteiger partial charge on any atom is 0.323 e. The van der Waals surface area contributed by atoms with E-state index in [0.717, 1.165) is 23.0 Å². The summed E-state index contributed by atoms with van der Waals surface area (Å²) < 4.78 is 0. The van der Waals surface area contributed by atoms with Crippen molar-refractivity contribution in [2.24, 2.45) is 5.92 Å². The number of aromatic amines is 2. The monoisotopic (exact) mass is 277 g/mol. The van der Waals surface area contributed by atoms with E-state index in [4.69, 9.17) is 5.11 Å². The Morgan fingerprint density at radius 1 is 1.20 bits per heavy atom. The van der Waals surface area contributed by atoms with Crippen molar-refractivity contribution in [3.05, 3.63) is 34.2 Å². The summed E-state index contributed by atoms with van der Waals surface area (Å²) in [6.07, 6.45) is 0.741. The second-order valence-electron chi connectivity index (χ2n) is 5.64. The number of aliphatic hydroxyl groups excluding tert-OH is 1. The third-order valence-corrected chi connectivity index (χ3v) is 3.75. The number of benzene rings is 1. The molecule has 20 heavy (non-hydrogen) atoms. The summed E-state index contributed by atoms with van der Waals surface area (Å²) in [6.45, 7) is 6.57. The molecule has 5 nitrogen and oxygen atoms in total. The number of rotatable bonds is 6. The van der Waals surface area contributed by atoms with Gasteiger partial charge in [0.2, 0.25) is 0 Å². The Labute approximate surface area is 118 Å². The molecule has 2 unspecified atom stereocenters. The smallest absolute Gasteiger partial charge is 0.323 e. The van der Waals surface area contributed by atoms with Crippen LogP contribution in [0.3, 0.4) is 0 Å². The number of hydrogen-bond acceptors (Lipinski definition) is 3. The maximum absolute atomic E-state index is 11.3. The van der Waals surface area contributed by atoms with Gasteiger partial charge in [-0.3, -0.25) is 0 Å². The highest BCUT2D eigenvalue weighted by Crippen LogP contribution is 2.19. The van der Waals surface area contributed by atoms with Crippen molar-refractivity contribution in [3.63, 3.8) is 0 Å². The number of hydrogen-bond donors (Lipinski definition) is 4. The first-order valence-corrected chi connectivity index (χ1v) is 7.10. The molecule has 110 valence electrons. The molecule has 0 amide bonds. The van der Waals surface area contributed by atoms with Gasteiger partial charge in [0.15, 0.2) is 0 Å². The lowest BCUT2D eigenvalue weighted by Gasteiger charge is -2.26. The van der Waals surface area contributed by atoms with Crippen molar-refractivity contribution < 1.29 is 5.11 Å². The summed E-state index contributed by atoms with van der Waals surface area (Å²) in [4.78, 5) is 16.8. The molecule has 4 N–H and O–H groups in total. The lowest BCUT2D eigenvalue weighted by molar-refractivity contribution is 0.237. The van der Waals surface area contributed by atoms with Crippen molar-refractivity contribution in [3.8, 4) is 0 Å². The average Bonchev–Trinajstić information content (AvgIpc) is 2.76. The lowest BCUT2D eigenvalue weighted by Crippen LogP contribution is -2.36. The first-order chi connectivity index (χ1) is 9.51. The predicted molar refractivity (Wildman–Crippen MR) is 80.8 cm³/mol. The molecule has 0 radical (unpaired) electrons. The minimum Gasteiger partial charge on any atom is -0.396 e. The minimum atomic E-state index is -0.182. The Kier molecular flexibility index (Phi) is 4.62. The van der Waals surface area contributed by atoms with E-state index in [9.17, 15) is 4.79 Å². The molecule has 0 saturated heterocycles. The summed E-state index contributed by atoms with van der Waals surface area (Å²) >= 11 is 0. The van der Waals surface area contributed by atoms with Crippen molar-refractivity contribution in [2.75, 3.05) is 6.61 Å². The molecule has 0 bridgehead atoms. The summed E-state index contributed by atoms with van der Waals surface area (Å²) in [5.74, 6) is 0.459. The van der Waals surface area contributed by atoms with Crippen molar-refractivity contribution in [2.45, 2.75) is 39.3 Å². The number of nitrogens with one attached hydrogen (secondary N) is 3. The normalized spacial score (nSPS) is 14.8. The van der Waals surface area contributed by atoms with Gasteiger partial charge >= 0.3 is 5.69 Å². The highest BCUT2D eigenvalue weighted by atomic mass is 16.3. The fourth-order valence-electron chi connectivity index (χ4n) is 2.49. The Bertz CT molecular complexity index is 615. The molecule has 1 aromatic heterocycles. The maximum atomic E-state index is 11.3. The molecule has 0 saturated carbocycles. The van der Waals surface area contributed by atoms with Gasteiger partial charge in [0.05, 0.1) is 11.0 Å². The molecule has 1 aromatic carbocycles. The lowest BCUT2D eigenvalue weighted by atomic mass is 9.98. The third kappa shape index (κ3) is 3.29. The standard InChI is InChI=1S/C15H23N3O2/c1-9(2)12(6-7-19)16-10(3)11-4-5-13-14(8-11)18-15(20)17-13/h4-5,8-10,12,16,19H,6-7H2,1-3H3,(H2,17,18,20). The van der Waals surface area contributed by atoms with Crippen LogP contribution in [-0.2, 0) is 0 Å². The van der Waals surface area contributed by atoms with Gasteiger partial charge in [0.25, 0.3) is 0 Å². The van der Waals surface area contributed by atoms with Crippen LogP contribution in [-0.4, -0.2) is 27.7 Å². The first-order valence-electron chi connectivity index (χ1n) is 7.10. The summed E-state index contributed by atoms with van der Waals surface area (Å²) in [5, 5.41) is 12.7. The van der Waals surface area contributed by atoms with E-state index in [2.05, 4.69) is 36.1 Å². The zero-order chi connectivity index (χ0) is 14.7. The number of aromatic nitrogens is 2. The summed E-state index contributed by atoms with van der Waals surface area (Å²) in [7, 11) is 0. The van der Waals surface area contributed by atoms with Crippen molar-refractivity contribution >= 4 is 11.0 Å². The van der Waals surface area contributed by atoms with Gasteiger partial charge in [-0.05, 0) is 37.0 Å². The van der Waals surface area contributed by atoms with Crippen molar-refractivity contribution in [1.82, 2.24) is 15.3 Å². The number of imidazole rings is 1. The van der Waals surface area contributed by atoms with Crippen LogP contribution in [0.5, 0.6) is 0 Å². The fraction of sp³-hybridized carbons (Fsp3) is 0.533. The van der Waals surface area contributed by atoms with E-state index in [-0.39, 0.29) is 24.4 Å².